The number of hydrogen-bond donors (Lipinski definition) is 1. The van der Waals surface area contributed by atoms with E-state index in [0.717, 1.165) is 38.3 Å². The first-order valence-electron chi connectivity index (χ1n) is 9.59. The van der Waals surface area contributed by atoms with Gasteiger partial charge in [0.25, 0.3) is 0 Å². The molecule has 0 aromatic heterocycles. The van der Waals surface area contributed by atoms with Gasteiger partial charge in [-0.3, -0.25) is 4.79 Å². The van der Waals surface area contributed by atoms with Crippen LogP contribution in [-0.4, -0.2) is 56.6 Å². The molecule has 1 unspecified atom stereocenters. The van der Waals surface area contributed by atoms with Crippen molar-refractivity contribution in [3.05, 3.63) is 71.8 Å². The zero-order chi connectivity index (χ0) is 19.5. The fraction of sp³-hybridized carbons (Fsp3) is 0.435. The summed E-state index contributed by atoms with van der Waals surface area (Å²) in [6.45, 7) is 5.99. The zero-order valence-electron chi connectivity index (χ0n) is 16.8. The van der Waals surface area contributed by atoms with Gasteiger partial charge in [-0.2, -0.15) is 0 Å². The van der Waals surface area contributed by atoms with Crippen molar-refractivity contribution < 1.29 is 9.53 Å². The highest BCUT2D eigenvalue weighted by Crippen LogP contribution is 2.24. The first-order valence-corrected chi connectivity index (χ1v) is 9.59. The number of nitrogens with zero attached hydrogens (tertiary/aromatic N) is 1. The lowest BCUT2D eigenvalue weighted by molar-refractivity contribution is 0.0858. The van der Waals surface area contributed by atoms with E-state index >= 15 is 0 Å². The maximum Gasteiger partial charge on any atom is 0.164 e. The number of ether oxygens (including phenoxy) is 1. The lowest BCUT2D eigenvalue weighted by atomic mass is 9.85. The van der Waals surface area contributed by atoms with Crippen molar-refractivity contribution in [1.82, 2.24) is 10.2 Å². The summed E-state index contributed by atoms with van der Waals surface area (Å²) in [4.78, 5) is 14.7. The Bertz CT molecular complexity index is 658. The highest BCUT2D eigenvalue weighted by molar-refractivity contribution is 5.96. The number of carbonyl (C=O) groups excluding carboxylic acids is 1. The van der Waals surface area contributed by atoms with Crippen LogP contribution in [0.4, 0.5) is 0 Å². The van der Waals surface area contributed by atoms with Crippen LogP contribution in [0.2, 0.25) is 0 Å². The van der Waals surface area contributed by atoms with Gasteiger partial charge in [0, 0.05) is 30.6 Å². The van der Waals surface area contributed by atoms with Gasteiger partial charge in [0.05, 0.1) is 13.2 Å². The molecule has 0 radical (unpaired) electrons. The Balaban J connectivity index is 0.000000369. The molecule has 0 bridgehead atoms. The van der Waals surface area contributed by atoms with E-state index in [-0.39, 0.29) is 11.3 Å². The Morgan fingerprint density at radius 2 is 1.56 bits per heavy atom. The van der Waals surface area contributed by atoms with Crippen LogP contribution in [0.15, 0.2) is 60.7 Å². The van der Waals surface area contributed by atoms with E-state index in [0.29, 0.717) is 6.42 Å². The van der Waals surface area contributed by atoms with E-state index in [1.165, 1.54) is 5.56 Å². The Labute approximate surface area is 163 Å². The molecule has 1 aliphatic rings. The number of benzene rings is 2. The lowest BCUT2D eigenvalue weighted by Crippen LogP contribution is -2.45. The van der Waals surface area contributed by atoms with Crippen molar-refractivity contribution in [3.63, 3.8) is 0 Å². The third kappa shape index (κ3) is 7.25. The van der Waals surface area contributed by atoms with Gasteiger partial charge in [0.1, 0.15) is 0 Å². The van der Waals surface area contributed by atoms with E-state index in [1.807, 2.05) is 62.6 Å². The molecule has 0 amide bonds. The monoisotopic (exact) mass is 368 g/mol. The molecule has 1 fully saturated rings. The fourth-order valence-electron chi connectivity index (χ4n) is 3.00. The molecule has 1 heterocycles. The number of likely N-dealkylation sites (N-methyl/N-ethyl adjacent to an activating group) is 1. The molecule has 2 aromatic carbocycles. The van der Waals surface area contributed by atoms with Gasteiger partial charge in [0.15, 0.2) is 5.78 Å². The maximum absolute atomic E-state index is 12.5. The number of ketones is 1. The first kappa shape index (κ1) is 21.3. The van der Waals surface area contributed by atoms with Crippen molar-refractivity contribution in [1.29, 1.82) is 0 Å². The van der Waals surface area contributed by atoms with Crippen LogP contribution in [-0.2, 0) is 11.2 Å². The smallest absolute Gasteiger partial charge is 0.164 e. The van der Waals surface area contributed by atoms with Crippen LogP contribution in [0.1, 0.15) is 29.3 Å². The molecule has 27 heavy (non-hydrogen) atoms. The summed E-state index contributed by atoms with van der Waals surface area (Å²) in [5, 5.41) is 3.16. The molecule has 1 aliphatic heterocycles. The molecule has 2 aromatic rings. The van der Waals surface area contributed by atoms with Crippen molar-refractivity contribution >= 4 is 5.78 Å². The lowest BCUT2D eigenvalue weighted by Gasteiger charge is -2.36. The molecule has 4 nitrogen and oxygen atoms in total. The Hall–Kier alpha value is -2.01. The van der Waals surface area contributed by atoms with Crippen LogP contribution >= 0.6 is 0 Å². The predicted octanol–water partition coefficient (Wildman–Crippen LogP) is 3.43. The Kier molecular flexibility index (Phi) is 8.65. The van der Waals surface area contributed by atoms with Gasteiger partial charge < -0.3 is 15.0 Å². The Morgan fingerprint density at radius 3 is 2.00 bits per heavy atom. The minimum absolute atomic E-state index is 0.186. The van der Waals surface area contributed by atoms with Crippen molar-refractivity contribution in [2.75, 3.05) is 40.4 Å². The minimum atomic E-state index is -0.186. The molecule has 146 valence electrons. The van der Waals surface area contributed by atoms with Gasteiger partial charge in [-0.05, 0) is 33.0 Å². The van der Waals surface area contributed by atoms with Gasteiger partial charge in [-0.1, -0.05) is 60.7 Å². The molecule has 0 saturated carbocycles. The SMILES string of the molecule is C1COCCN1.CN(C)C(C)(CC(=O)c1ccccc1)Cc1ccccc1. The van der Waals surface area contributed by atoms with Crippen LogP contribution in [0.5, 0.6) is 0 Å². The second-order valence-corrected chi connectivity index (χ2v) is 7.38. The second-order valence-electron chi connectivity index (χ2n) is 7.38. The summed E-state index contributed by atoms with van der Waals surface area (Å²) in [7, 11) is 4.09. The fourth-order valence-corrected chi connectivity index (χ4v) is 3.00. The maximum atomic E-state index is 12.5. The van der Waals surface area contributed by atoms with Crippen LogP contribution in [0, 0.1) is 0 Å². The number of morpholine rings is 1. The largest absolute Gasteiger partial charge is 0.379 e. The molecule has 1 atom stereocenters. The number of hydrogen-bond acceptors (Lipinski definition) is 4. The van der Waals surface area contributed by atoms with E-state index in [9.17, 15) is 4.79 Å². The summed E-state index contributed by atoms with van der Waals surface area (Å²) in [5.74, 6) is 0.197. The molecular formula is C23H32N2O2. The summed E-state index contributed by atoms with van der Waals surface area (Å²) >= 11 is 0. The van der Waals surface area contributed by atoms with Crippen molar-refractivity contribution in [3.8, 4) is 0 Å². The molecule has 4 heteroatoms. The molecule has 0 spiro atoms. The Morgan fingerprint density at radius 1 is 1.00 bits per heavy atom. The number of carbonyl (C=O) groups is 1. The van der Waals surface area contributed by atoms with Crippen LogP contribution in [0.25, 0.3) is 0 Å². The zero-order valence-corrected chi connectivity index (χ0v) is 16.8. The van der Waals surface area contributed by atoms with Crippen LogP contribution < -0.4 is 5.32 Å². The molecule has 1 saturated heterocycles. The third-order valence-electron chi connectivity index (χ3n) is 4.99. The highest BCUT2D eigenvalue weighted by atomic mass is 16.5. The first-order chi connectivity index (χ1) is 13.0. The van der Waals surface area contributed by atoms with Crippen molar-refractivity contribution in [2.45, 2.75) is 25.3 Å². The topological polar surface area (TPSA) is 41.6 Å². The summed E-state index contributed by atoms with van der Waals surface area (Å²) < 4.78 is 5.01. The van der Waals surface area contributed by atoms with Crippen LogP contribution in [0.3, 0.4) is 0 Å². The molecule has 3 rings (SSSR count). The predicted molar refractivity (Wildman–Crippen MR) is 111 cm³/mol. The van der Waals surface area contributed by atoms with E-state index in [4.69, 9.17) is 4.74 Å². The van der Waals surface area contributed by atoms with Gasteiger partial charge in [-0.15, -0.1) is 0 Å². The number of rotatable bonds is 6. The average Bonchev–Trinajstić information content (AvgIpc) is 2.71. The molecular weight excluding hydrogens is 336 g/mol. The molecule has 1 N–H and O–H groups in total. The molecule has 0 aliphatic carbocycles. The summed E-state index contributed by atoms with van der Waals surface area (Å²) in [6, 6.07) is 19.9. The summed E-state index contributed by atoms with van der Waals surface area (Å²) in [5.41, 5.74) is 1.86. The summed E-state index contributed by atoms with van der Waals surface area (Å²) in [6.07, 6.45) is 1.37. The third-order valence-corrected chi connectivity index (χ3v) is 4.99. The number of Topliss-reactive ketones (excluding diaryl/α,β-unsaturated/α-hetero) is 1. The van der Waals surface area contributed by atoms with Gasteiger partial charge >= 0.3 is 0 Å². The quantitative estimate of drug-likeness (QED) is 0.793. The van der Waals surface area contributed by atoms with Crippen molar-refractivity contribution in [2.24, 2.45) is 0 Å². The average molecular weight is 369 g/mol. The second kappa shape index (κ2) is 11.0. The highest BCUT2D eigenvalue weighted by Gasteiger charge is 2.30. The standard InChI is InChI=1S/C19H23NO.C4H9NO/c1-19(20(2)3,14-16-10-6-4-7-11-16)15-18(21)17-12-8-5-9-13-17;1-3-6-4-2-5-1/h4-13H,14-15H2,1-3H3;5H,1-4H2. The van der Waals surface area contributed by atoms with E-state index in [1.54, 1.807) is 0 Å². The van der Waals surface area contributed by atoms with E-state index in [2.05, 4.69) is 29.3 Å². The number of nitrogens with one attached hydrogen (secondary N) is 1. The van der Waals surface area contributed by atoms with Gasteiger partial charge in [0.2, 0.25) is 0 Å². The normalized spacial score (nSPS) is 16.1. The van der Waals surface area contributed by atoms with Gasteiger partial charge in [-0.25, -0.2) is 0 Å². The van der Waals surface area contributed by atoms with E-state index < -0.39 is 0 Å². The minimum Gasteiger partial charge on any atom is -0.379 e.